The average molecular weight is 461 g/mol. The SMILES string of the molecule is O=C(COc1ccc2c(c1)CC(NCC(O)COc1ccccc1)CCC2)Nc1ccccc1. The molecule has 34 heavy (non-hydrogen) atoms. The molecule has 1 aliphatic rings. The Morgan fingerprint density at radius 3 is 2.50 bits per heavy atom. The lowest BCUT2D eigenvalue weighted by atomic mass is 10.0. The van der Waals surface area contributed by atoms with Crippen LogP contribution in [-0.4, -0.2) is 42.9 Å². The molecule has 1 aliphatic carbocycles. The second-order valence-electron chi connectivity index (χ2n) is 8.61. The highest BCUT2D eigenvalue weighted by Crippen LogP contribution is 2.25. The van der Waals surface area contributed by atoms with Gasteiger partial charge >= 0.3 is 0 Å². The minimum atomic E-state index is -0.583. The molecule has 0 saturated heterocycles. The van der Waals surface area contributed by atoms with Crippen molar-refractivity contribution in [2.24, 2.45) is 0 Å². The summed E-state index contributed by atoms with van der Waals surface area (Å²) in [5.41, 5.74) is 3.30. The lowest BCUT2D eigenvalue weighted by molar-refractivity contribution is -0.118. The molecule has 3 N–H and O–H groups in total. The highest BCUT2D eigenvalue weighted by atomic mass is 16.5. The molecule has 0 aromatic heterocycles. The van der Waals surface area contributed by atoms with E-state index in [-0.39, 0.29) is 25.2 Å². The van der Waals surface area contributed by atoms with Gasteiger partial charge in [-0.25, -0.2) is 0 Å². The van der Waals surface area contributed by atoms with E-state index in [0.29, 0.717) is 12.3 Å². The number of nitrogens with one attached hydrogen (secondary N) is 2. The predicted octanol–water partition coefficient (Wildman–Crippen LogP) is 3.98. The second kappa shape index (κ2) is 12.2. The Morgan fingerprint density at radius 1 is 0.941 bits per heavy atom. The van der Waals surface area contributed by atoms with E-state index in [4.69, 9.17) is 9.47 Å². The number of aryl methyl sites for hydroxylation is 1. The van der Waals surface area contributed by atoms with E-state index < -0.39 is 6.10 Å². The Kier molecular flexibility index (Phi) is 8.54. The van der Waals surface area contributed by atoms with E-state index in [1.165, 1.54) is 11.1 Å². The summed E-state index contributed by atoms with van der Waals surface area (Å²) in [6, 6.07) is 25.2. The van der Waals surface area contributed by atoms with Gasteiger partial charge in [0, 0.05) is 18.3 Å². The number of para-hydroxylation sites is 2. The third-order valence-corrected chi connectivity index (χ3v) is 5.90. The van der Waals surface area contributed by atoms with Gasteiger partial charge < -0.3 is 25.2 Å². The van der Waals surface area contributed by atoms with Crippen LogP contribution in [0.1, 0.15) is 24.0 Å². The zero-order chi connectivity index (χ0) is 23.6. The largest absolute Gasteiger partial charge is 0.491 e. The molecule has 0 bridgehead atoms. The zero-order valence-electron chi connectivity index (χ0n) is 19.3. The number of ether oxygens (including phenoxy) is 2. The molecule has 0 radical (unpaired) electrons. The highest BCUT2D eigenvalue weighted by Gasteiger charge is 2.18. The van der Waals surface area contributed by atoms with Crippen LogP contribution in [-0.2, 0) is 17.6 Å². The fourth-order valence-electron chi connectivity index (χ4n) is 4.14. The van der Waals surface area contributed by atoms with Crippen LogP contribution in [0.3, 0.4) is 0 Å². The molecule has 2 atom stereocenters. The summed E-state index contributed by atoms with van der Waals surface area (Å²) in [5, 5.41) is 16.7. The molecule has 1 amide bonds. The highest BCUT2D eigenvalue weighted by molar-refractivity contribution is 5.91. The lowest BCUT2D eigenvalue weighted by Crippen LogP contribution is -2.39. The number of aliphatic hydroxyl groups excluding tert-OH is 1. The molecule has 0 spiro atoms. The molecule has 6 nitrogen and oxygen atoms in total. The van der Waals surface area contributed by atoms with Crippen molar-refractivity contribution >= 4 is 11.6 Å². The van der Waals surface area contributed by atoms with Crippen LogP contribution in [0.4, 0.5) is 5.69 Å². The summed E-state index contributed by atoms with van der Waals surface area (Å²) in [7, 11) is 0. The van der Waals surface area contributed by atoms with Gasteiger partial charge in [-0.1, -0.05) is 42.5 Å². The van der Waals surface area contributed by atoms with E-state index in [0.717, 1.165) is 37.1 Å². The van der Waals surface area contributed by atoms with Gasteiger partial charge in [-0.15, -0.1) is 0 Å². The first-order chi connectivity index (χ1) is 16.7. The van der Waals surface area contributed by atoms with Gasteiger partial charge in [-0.2, -0.15) is 0 Å². The maximum Gasteiger partial charge on any atom is 0.262 e. The van der Waals surface area contributed by atoms with Crippen LogP contribution in [0.15, 0.2) is 78.9 Å². The van der Waals surface area contributed by atoms with Crippen LogP contribution in [0.25, 0.3) is 0 Å². The Bertz CT molecular complexity index is 1040. The van der Waals surface area contributed by atoms with E-state index in [1.807, 2.05) is 72.8 Å². The number of rotatable bonds is 10. The number of amides is 1. The fraction of sp³-hybridized carbons (Fsp3) is 0.321. The molecule has 0 fully saturated rings. The standard InChI is InChI=1S/C28H32N2O4/c31-25(19-33-26-12-5-2-6-13-26)18-29-24-11-7-8-21-14-15-27(17-22(21)16-24)34-20-28(32)30-23-9-3-1-4-10-23/h1-6,9-10,12-15,17,24-25,29,31H,7-8,11,16,18-20H2,(H,30,32). The van der Waals surface area contributed by atoms with E-state index in [9.17, 15) is 9.90 Å². The molecule has 0 aliphatic heterocycles. The quantitative estimate of drug-likeness (QED) is 0.399. The van der Waals surface area contributed by atoms with Crippen molar-refractivity contribution in [1.29, 1.82) is 0 Å². The Hall–Kier alpha value is -3.35. The summed E-state index contributed by atoms with van der Waals surface area (Å²) in [6.45, 7) is 0.689. The van der Waals surface area contributed by atoms with E-state index in [2.05, 4.69) is 16.7 Å². The van der Waals surface area contributed by atoms with Crippen molar-refractivity contribution in [2.45, 2.75) is 37.8 Å². The van der Waals surface area contributed by atoms with Crippen LogP contribution in [0.5, 0.6) is 11.5 Å². The van der Waals surface area contributed by atoms with E-state index >= 15 is 0 Å². The monoisotopic (exact) mass is 460 g/mol. The molecular formula is C28H32N2O4. The summed E-state index contributed by atoms with van der Waals surface area (Å²) in [4.78, 5) is 12.2. The molecule has 178 valence electrons. The number of hydrogen-bond donors (Lipinski definition) is 3. The first-order valence-electron chi connectivity index (χ1n) is 11.8. The molecule has 6 heteroatoms. The second-order valence-corrected chi connectivity index (χ2v) is 8.61. The van der Waals surface area contributed by atoms with Crippen molar-refractivity contribution in [1.82, 2.24) is 5.32 Å². The number of carbonyl (C=O) groups is 1. The number of carbonyl (C=O) groups excluding carboxylic acids is 1. The molecule has 0 saturated carbocycles. The van der Waals surface area contributed by atoms with Gasteiger partial charge in [0.25, 0.3) is 5.91 Å². The van der Waals surface area contributed by atoms with Gasteiger partial charge in [0.2, 0.25) is 0 Å². The minimum absolute atomic E-state index is 0.0387. The van der Waals surface area contributed by atoms with Crippen molar-refractivity contribution in [3.05, 3.63) is 90.0 Å². The molecular weight excluding hydrogens is 428 g/mol. The number of anilines is 1. The third kappa shape index (κ3) is 7.33. The summed E-state index contributed by atoms with van der Waals surface area (Å²) in [5.74, 6) is 1.27. The third-order valence-electron chi connectivity index (χ3n) is 5.90. The maximum atomic E-state index is 12.2. The normalized spacial score (nSPS) is 16.1. The van der Waals surface area contributed by atoms with Crippen LogP contribution in [0, 0.1) is 0 Å². The Balaban J connectivity index is 1.25. The molecule has 3 aromatic carbocycles. The van der Waals surface area contributed by atoms with Gasteiger partial charge in [-0.05, 0) is 73.2 Å². The minimum Gasteiger partial charge on any atom is -0.491 e. The van der Waals surface area contributed by atoms with Crippen LogP contribution >= 0.6 is 0 Å². The first-order valence-corrected chi connectivity index (χ1v) is 11.8. The van der Waals surface area contributed by atoms with Gasteiger partial charge in [0.05, 0.1) is 0 Å². The van der Waals surface area contributed by atoms with Crippen molar-refractivity contribution in [2.75, 3.05) is 25.1 Å². The number of benzene rings is 3. The molecule has 4 rings (SSSR count). The predicted molar refractivity (Wildman–Crippen MR) is 133 cm³/mol. The van der Waals surface area contributed by atoms with Gasteiger partial charge in [-0.3, -0.25) is 4.79 Å². The summed E-state index contributed by atoms with van der Waals surface area (Å²) in [6.07, 6.45) is 3.41. The van der Waals surface area contributed by atoms with Crippen LogP contribution < -0.4 is 20.1 Å². The maximum absolute atomic E-state index is 12.2. The van der Waals surface area contributed by atoms with Crippen molar-refractivity contribution in [3.8, 4) is 11.5 Å². The smallest absolute Gasteiger partial charge is 0.262 e. The van der Waals surface area contributed by atoms with Crippen molar-refractivity contribution in [3.63, 3.8) is 0 Å². The molecule has 2 unspecified atom stereocenters. The van der Waals surface area contributed by atoms with Crippen LogP contribution in [0.2, 0.25) is 0 Å². The zero-order valence-corrected chi connectivity index (χ0v) is 19.3. The average Bonchev–Trinajstić information content (AvgIpc) is 3.07. The van der Waals surface area contributed by atoms with Gasteiger partial charge in [0.1, 0.15) is 24.2 Å². The first kappa shape index (κ1) is 23.8. The van der Waals surface area contributed by atoms with Gasteiger partial charge in [0.15, 0.2) is 6.61 Å². The van der Waals surface area contributed by atoms with E-state index in [1.54, 1.807) is 0 Å². The fourth-order valence-corrected chi connectivity index (χ4v) is 4.14. The Morgan fingerprint density at radius 2 is 1.71 bits per heavy atom. The number of hydrogen-bond acceptors (Lipinski definition) is 5. The summed E-state index contributed by atoms with van der Waals surface area (Å²) < 4.78 is 11.4. The summed E-state index contributed by atoms with van der Waals surface area (Å²) >= 11 is 0. The molecule has 0 heterocycles. The molecule has 3 aromatic rings. The number of fused-ring (bicyclic) bond motifs is 1. The number of aliphatic hydroxyl groups is 1. The van der Waals surface area contributed by atoms with Crippen molar-refractivity contribution < 1.29 is 19.4 Å². The Labute approximate surface area is 200 Å². The lowest BCUT2D eigenvalue weighted by Gasteiger charge is -2.20. The topological polar surface area (TPSA) is 79.8 Å².